The van der Waals surface area contributed by atoms with Gasteiger partial charge in [-0.25, -0.2) is 9.59 Å². The van der Waals surface area contributed by atoms with Crippen molar-refractivity contribution >= 4 is 12.1 Å². The van der Waals surface area contributed by atoms with Crippen molar-refractivity contribution in [2.75, 3.05) is 13.2 Å². The first-order valence-electron chi connectivity index (χ1n) is 7.51. The van der Waals surface area contributed by atoms with E-state index in [0.29, 0.717) is 6.42 Å². The van der Waals surface area contributed by atoms with Gasteiger partial charge < -0.3 is 19.9 Å². The van der Waals surface area contributed by atoms with Crippen LogP contribution in [-0.2, 0) is 14.3 Å². The molecule has 0 radical (unpaired) electrons. The number of aliphatic hydroxyl groups is 1. The van der Waals surface area contributed by atoms with Crippen molar-refractivity contribution in [3.63, 3.8) is 0 Å². The number of carbonyl (C=O) groups excluding carboxylic acids is 2. The van der Waals surface area contributed by atoms with Crippen LogP contribution < -0.4 is 5.32 Å². The molecule has 23 heavy (non-hydrogen) atoms. The summed E-state index contributed by atoms with van der Waals surface area (Å²) in [6, 6.07) is -1.21. The number of hydrogen-bond acceptors (Lipinski definition) is 7. The van der Waals surface area contributed by atoms with Crippen molar-refractivity contribution in [1.82, 2.24) is 5.32 Å². The highest BCUT2D eigenvalue weighted by Crippen LogP contribution is 2.09. The van der Waals surface area contributed by atoms with Gasteiger partial charge in [-0.15, -0.1) is 0 Å². The van der Waals surface area contributed by atoms with Gasteiger partial charge in [-0.3, -0.25) is 10.1 Å². The number of nitrogens with one attached hydrogen (secondary N) is 1. The molecule has 134 valence electrons. The van der Waals surface area contributed by atoms with E-state index in [1.165, 1.54) is 0 Å². The standard InChI is InChI=1S/C14H26N2O7/c1-5-6-7-22-12(18)11(8-10(17)9-16(20)21)15-13(19)23-14(2,3)4/h10-11,17H,5-9H2,1-4H3,(H,15,19)/t10-,11+/m1/s1. The van der Waals surface area contributed by atoms with Crippen LogP contribution in [0.5, 0.6) is 0 Å². The molecule has 0 heterocycles. The zero-order chi connectivity index (χ0) is 18.0. The first-order valence-corrected chi connectivity index (χ1v) is 7.51. The smallest absolute Gasteiger partial charge is 0.408 e. The van der Waals surface area contributed by atoms with Gasteiger partial charge in [-0.1, -0.05) is 13.3 Å². The van der Waals surface area contributed by atoms with Crippen LogP contribution in [0.1, 0.15) is 47.0 Å². The molecular weight excluding hydrogens is 308 g/mol. The van der Waals surface area contributed by atoms with Crippen LogP contribution in [0.25, 0.3) is 0 Å². The van der Waals surface area contributed by atoms with Crippen molar-refractivity contribution in [1.29, 1.82) is 0 Å². The van der Waals surface area contributed by atoms with E-state index < -0.39 is 41.3 Å². The third-order valence-corrected chi connectivity index (χ3v) is 2.59. The summed E-state index contributed by atoms with van der Waals surface area (Å²) in [7, 11) is 0. The molecule has 1 amide bonds. The number of aliphatic hydroxyl groups excluding tert-OH is 1. The van der Waals surface area contributed by atoms with E-state index in [1.54, 1.807) is 20.8 Å². The molecule has 0 saturated carbocycles. The van der Waals surface area contributed by atoms with Crippen LogP contribution in [0.3, 0.4) is 0 Å². The topological polar surface area (TPSA) is 128 Å². The highest BCUT2D eigenvalue weighted by molar-refractivity contribution is 5.81. The summed E-state index contributed by atoms with van der Waals surface area (Å²) in [4.78, 5) is 33.4. The van der Waals surface area contributed by atoms with Crippen LogP contribution in [0.2, 0.25) is 0 Å². The molecule has 0 aromatic heterocycles. The van der Waals surface area contributed by atoms with Crippen molar-refractivity contribution in [3.05, 3.63) is 10.1 Å². The quantitative estimate of drug-likeness (QED) is 0.281. The fourth-order valence-electron chi connectivity index (χ4n) is 1.60. The number of hydrogen-bond donors (Lipinski definition) is 2. The second-order valence-electron chi connectivity index (χ2n) is 6.12. The minimum Gasteiger partial charge on any atom is -0.464 e. The predicted molar refractivity (Wildman–Crippen MR) is 81.5 cm³/mol. The van der Waals surface area contributed by atoms with E-state index in [4.69, 9.17) is 9.47 Å². The molecule has 0 aliphatic heterocycles. The Labute approximate surface area is 135 Å². The predicted octanol–water partition coefficient (Wildman–Crippen LogP) is 1.25. The van der Waals surface area contributed by atoms with E-state index in [9.17, 15) is 24.8 Å². The summed E-state index contributed by atoms with van der Waals surface area (Å²) in [5, 5.41) is 22.3. The second kappa shape index (κ2) is 9.98. The molecule has 2 N–H and O–H groups in total. The lowest BCUT2D eigenvalue weighted by molar-refractivity contribution is -0.490. The first kappa shape index (κ1) is 21.1. The van der Waals surface area contributed by atoms with E-state index in [1.807, 2.05) is 6.92 Å². The monoisotopic (exact) mass is 334 g/mol. The molecule has 2 atom stereocenters. The van der Waals surface area contributed by atoms with Gasteiger partial charge in [-0.05, 0) is 27.2 Å². The Kier molecular flexibility index (Phi) is 9.16. The zero-order valence-corrected chi connectivity index (χ0v) is 14.0. The third-order valence-electron chi connectivity index (χ3n) is 2.59. The maximum atomic E-state index is 12.0. The molecule has 0 saturated heterocycles. The number of carbonyl (C=O) groups is 2. The fourth-order valence-corrected chi connectivity index (χ4v) is 1.60. The third kappa shape index (κ3) is 11.3. The average Bonchev–Trinajstić information content (AvgIpc) is 2.34. The molecule has 0 aromatic rings. The minimum atomic E-state index is -1.39. The molecule has 0 aromatic carbocycles. The number of nitro groups is 1. The zero-order valence-electron chi connectivity index (χ0n) is 14.0. The van der Waals surface area contributed by atoms with Crippen LogP contribution in [0.4, 0.5) is 4.79 Å². The number of esters is 1. The van der Waals surface area contributed by atoms with Crippen LogP contribution in [0, 0.1) is 10.1 Å². The number of amides is 1. The Bertz CT molecular complexity index is 406. The fraction of sp³-hybridized carbons (Fsp3) is 0.857. The minimum absolute atomic E-state index is 0.174. The first-order chi connectivity index (χ1) is 10.5. The van der Waals surface area contributed by atoms with Crippen LogP contribution in [0.15, 0.2) is 0 Å². The van der Waals surface area contributed by atoms with E-state index in [-0.39, 0.29) is 13.0 Å². The molecule has 0 bridgehead atoms. The summed E-state index contributed by atoms with van der Waals surface area (Å²) in [5.41, 5.74) is -0.764. The van der Waals surface area contributed by atoms with Gasteiger partial charge in [0.25, 0.3) is 0 Å². The SMILES string of the molecule is CCCCOC(=O)[C@H](C[C@@H](O)C[N+](=O)[O-])NC(=O)OC(C)(C)C. The van der Waals surface area contributed by atoms with Gasteiger partial charge in [0.2, 0.25) is 6.54 Å². The molecule has 0 aliphatic carbocycles. The van der Waals surface area contributed by atoms with Crippen LogP contribution in [-0.4, -0.2) is 53.0 Å². The van der Waals surface area contributed by atoms with Gasteiger partial charge in [0.1, 0.15) is 17.7 Å². The Morgan fingerprint density at radius 3 is 2.43 bits per heavy atom. The van der Waals surface area contributed by atoms with Crippen LogP contribution >= 0.6 is 0 Å². The lowest BCUT2D eigenvalue weighted by Crippen LogP contribution is -2.46. The highest BCUT2D eigenvalue weighted by atomic mass is 16.6. The molecule has 9 heteroatoms. The van der Waals surface area contributed by atoms with Gasteiger partial charge in [0, 0.05) is 11.3 Å². The Hall–Kier alpha value is -1.90. The average molecular weight is 334 g/mol. The molecule has 0 aliphatic rings. The van der Waals surface area contributed by atoms with Crippen molar-refractivity contribution < 1.29 is 29.1 Å². The van der Waals surface area contributed by atoms with Crippen molar-refractivity contribution in [2.24, 2.45) is 0 Å². The summed E-state index contributed by atoms with van der Waals surface area (Å²) in [6.07, 6.45) is -1.10. The van der Waals surface area contributed by atoms with Gasteiger partial charge in [-0.2, -0.15) is 0 Å². The number of unbranched alkanes of at least 4 members (excludes halogenated alkanes) is 1. The second-order valence-corrected chi connectivity index (χ2v) is 6.12. The van der Waals surface area contributed by atoms with E-state index >= 15 is 0 Å². The lowest BCUT2D eigenvalue weighted by atomic mass is 10.1. The Morgan fingerprint density at radius 2 is 1.96 bits per heavy atom. The molecular formula is C14H26N2O7. The molecule has 0 rings (SSSR count). The number of nitrogens with zero attached hydrogens (tertiary/aromatic N) is 1. The molecule has 0 spiro atoms. The molecule has 0 unspecified atom stereocenters. The summed E-state index contributed by atoms with van der Waals surface area (Å²) >= 11 is 0. The summed E-state index contributed by atoms with van der Waals surface area (Å²) < 4.78 is 10.0. The van der Waals surface area contributed by atoms with E-state index in [2.05, 4.69) is 5.32 Å². The Balaban J connectivity index is 4.74. The maximum Gasteiger partial charge on any atom is 0.408 e. The number of alkyl carbamates (subject to hydrolysis) is 1. The van der Waals surface area contributed by atoms with Gasteiger partial charge in [0.05, 0.1) is 6.61 Å². The summed E-state index contributed by atoms with van der Waals surface area (Å²) in [5.74, 6) is -0.758. The highest BCUT2D eigenvalue weighted by Gasteiger charge is 2.29. The van der Waals surface area contributed by atoms with E-state index in [0.717, 1.165) is 6.42 Å². The lowest BCUT2D eigenvalue weighted by Gasteiger charge is -2.23. The summed E-state index contributed by atoms with van der Waals surface area (Å²) in [6.45, 7) is 6.33. The van der Waals surface area contributed by atoms with Gasteiger partial charge in [0.15, 0.2) is 0 Å². The molecule has 9 nitrogen and oxygen atoms in total. The largest absolute Gasteiger partial charge is 0.464 e. The molecule has 0 fully saturated rings. The van der Waals surface area contributed by atoms with Crippen molar-refractivity contribution in [2.45, 2.75) is 64.7 Å². The van der Waals surface area contributed by atoms with Gasteiger partial charge >= 0.3 is 12.1 Å². The number of ether oxygens (including phenoxy) is 2. The van der Waals surface area contributed by atoms with Crippen molar-refractivity contribution in [3.8, 4) is 0 Å². The normalized spacial score (nSPS) is 13.8. The Morgan fingerprint density at radius 1 is 1.35 bits per heavy atom. The number of rotatable bonds is 9. The maximum absolute atomic E-state index is 12.0.